The van der Waals surface area contributed by atoms with Crippen LogP contribution >= 0.6 is 0 Å². The minimum Gasteiger partial charge on any atom is -0.212 e. The Morgan fingerprint density at radius 3 is 2.23 bits per heavy atom. The highest BCUT2D eigenvalue weighted by atomic mass is 32.2. The summed E-state index contributed by atoms with van der Waals surface area (Å²) in [4.78, 5) is 0. The minimum absolute atomic E-state index is 0.255. The summed E-state index contributed by atoms with van der Waals surface area (Å²) in [6.07, 6.45) is 7.15. The maximum absolute atomic E-state index is 11.2. The van der Waals surface area contributed by atoms with Gasteiger partial charge in [0.1, 0.15) is 0 Å². The van der Waals surface area contributed by atoms with Crippen molar-refractivity contribution in [3.63, 3.8) is 0 Å². The molecule has 0 amide bonds. The largest absolute Gasteiger partial charge is 0.212 e. The van der Waals surface area contributed by atoms with Gasteiger partial charge >= 0.3 is 0 Å². The summed E-state index contributed by atoms with van der Waals surface area (Å²) in [5.41, 5.74) is 0. The Balaban J connectivity index is 1.95. The molecule has 0 aromatic carbocycles. The van der Waals surface area contributed by atoms with Gasteiger partial charge in [-0.25, -0.2) is 13.1 Å². The monoisotopic (exact) mass is 203 g/mol. The molecule has 1 aliphatic heterocycles. The topological polar surface area (TPSA) is 46.2 Å². The third-order valence-electron chi connectivity index (χ3n) is 3.25. The van der Waals surface area contributed by atoms with E-state index in [-0.39, 0.29) is 6.04 Å². The van der Waals surface area contributed by atoms with Gasteiger partial charge in [-0.2, -0.15) is 0 Å². The second-order valence-electron chi connectivity index (χ2n) is 4.23. The molecule has 76 valence electrons. The Kier molecular flexibility index (Phi) is 2.60. The van der Waals surface area contributed by atoms with Crippen LogP contribution in [-0.2, 0) is 10.0 Å². The zero-order chi connectivity index (χ0) is 9.31. The average Bonchev–Trinajstić information content (AvgIpc) is 2.48. The van der Waals surface area contributed by atoms with Crippen molar-refractivity contribution in [2.45, 2.75) is 44.6 Å². The Morgan fingerprint density at radius 1 is 1.00 bits per heavy atom. The molecule has 1 saturated carbocycles. The second kappa shape index (κ2) is 3.58. The van der Waals surface area contributed by atoms with Crippen LogP contribution in [0.15, 0.2) is 0 Å². The Bertz CT molecular complexity index is 267. The minimum atomic E-state index is -2.89. The lowest BCUT2D eigenvalue weighted by Crippen LogP contribution is -2.33. The van der Waals surface area contributed by atoms with Gasteiger partial charge in [-0.3, -0.25) is 0 Å². The normalized spacial score (nSPS) is 34.9. The zero-order valence-corrected chi connectivity index (χ0v) is 8.65. The highest BCUT2D eigenvalue weighted by Crippen LogP contribution is 2.30. The van der Waals surface area contributed by atoms with Gasteiger partial charge in [0.15, 0.2) is 0 Å². The first-order chi connectivity index (χ1) is 6.17. The van der Waals surface area contributed by atoms with E-state index in [1.165, 1.54) is 32.1 Å². The predicted octanol–water partition coefficient (Wildman–Crippen LogP) is 1.26. The second-order valence-corrected chi connectivity index (χ2v) is 6.10. The van der Waals surface area contributed by atoms with Crippen LogP contribution in [0.4, 0.5) is 0 Å². The molecular weight excluding hydrogens is 186 g/mol. The van der Waals surface area contributed by atoms with Crippen LogP contribution in [0.3, 0.4) is 0 Å². The van der Waals surface area contributed by atoms with E-state index in [9.17, 15) is 8.42 Å². The summed E-state index contributed by atoms with van der Waals surface area (Å²) in [6.45, 7) is 0. The molecule has 2 fully saturated rings. The van der Waals surface area contributed by atoms with E-state index in [0.717, 1.165) is 6.42 Å². The molecule has 4 heteroatoms. The van der Waals surface area contributed by atoms with Gasteiger partial charge in [0.2, 0.25) is 10.0 Å². The van der Waals surface area contributed by atoms with Crippen LogP contribution in [0.1, 0.15) is 38.5 Å². The summed E-state index contributed by atoms with van der Waals surface area (Å²) in [6, 6.07) is 0.255. The lowest BCUT2D eigenvalue weighted by atomic mass is 9.83. The molecule has 13 heavy (non-hydrogen) atoms. The van der Waals surface area contributed by atoms with Gasteiger partial charge in [0, 0.05) is 6.04 Å². The van der Waals surface area contributed by atoms with Gasteiger partial charge < -0.3 is 0 Å². The smallest absolute Gasteiger partial charge is 0.211 e. The molecule has 1 heterocycles. The molecule has 0 aromatic rings. The molecule has 1 unspecified atom stereocenters. The first-order valence-corrected chi connectivity index (χ1v) is 6.83. The molecule has 3 nitrogen and oxygen atoms in total. The fraction of sp³-hybridized carbons (Fsp3) is 1.00. The number of hydrogen-bond donors (Lipinski definition) is 1. The maximum Gasteiger partial charge on any atom is 0.211 e. The van der Waals surface area contributed by atoms with Crippen LogP contribution in [0.25, 0.3) is 0 Å². The summed E-state index contributed by atoms with van der Waals surface area (Å²) in [7, 11) is -2.89. The van der Waals surface area contributed by atoms with E-state index >= 15 is 0 Å². The van der Waals surface area contributed by atoms with Crippen LogP contribution in [-0.4, -0.2) is 20.2 Å². The van der Waals surface area contributed by atoms with E-state index in [1.807, 2.05) is 0 Å². The first kappa shape index (κ1) is 9.46. The van der Waals surface area contributed by atoms with Gasteiger partial charge in [0.05, 0.1) is 5.75 Å². The van der Waals surface area contributed by atoms with Crippen LogP contribution in [0.2, 0.25) is 0 Å². The Labute approximate surface area is 80.0 Å². The van der Waals surface area contributed by atoms with E-state index in [0.29, 0.717) is 11.7 Å². The summed E-state index contributed by atoms with van der Waals surface area (Å²) < 4.78 is 25.1. The van der Waals surface area contributed by atoms with Gasteiger partial charge in [-0.15, -0.1) is 0 Å². The quantitative estimate of drug-likeness (QED) is 0.697. The molecule has 2 aliphatic rings. The SMILES string of the molecule is O=S1(=O)CCC(C2CCCCC2)N1. The summed E-state index contributed by atoms with van der Waals surface area (Å²) in [5, 5.41) is 0. The molecular formula is C9H17NO2S. The molecule has 1 atom stereocenters. The molecule has 0 bridgehead atoms. The first-order valence-electron chi connectivity index (χ1n) is 5.17. The molecule has 0 spiro atoms. The standard InChI is InChI=1S/C9H17NO2S/c11-13(12)7-6-9(10-13)8-4-2-1-3-5-8/h8-10H,1-7H2. The molecule has 1 aliphatic carbocycles. The van der Waals surface area contributed by atoms with Crippen molar-refractivity contribution < 1.29 is 8.42 Å². The maximum atomic E-state index is 11.2. The van der Waals surface area contributed by atoms with E-state index in [2.05, 4.69) is 4.72 Å². The number of hydrogen-bond acceptors (Lipinski definition) is 2. The van der Waals surface area contributed by atoms with Crippen LogP contribution < -0.4 is 4.72 Å². The third-order valence-corrected chi connectivity index (χ3v) is 4.68. The predicted molar refractivity (Wildman–Crippen MR) is 51.9 cm³/mol. The molecule has 2 rings (SSSR count). The molecule has 1 N–H and O–H groups in total. The average molecular weight is 203 g/mol. The van der Waals surface area contributed by atoms with E-state index < -0.39 is 10.0 Å². The number of rotatable bonds is 1. The molecule has 1 saturated heterocycles. The number of nitrogens with one attached hydrogen (secondary N) is 1. The van der Waals surface area contributed by atoms with Gasteiger partial charge in [-0.05, 0) is 25.2 Å². The lowest BCUT2D eigenvalue weighted by Gasteiger charge is -2.26. The van der Waals surface area contributed by atoms with Crippen molar-refractivity contribution in [2.24, 2.45) is 5.92 Å². The lowest BCUT2D eigenvalue weighted by molar-refractivity contribution is 0.295. The van der Waals surface area contributed by atoms with Crippen molar-refractivity contribution in [3.8, 4) is 0 Å². The third kappa shape index (κ3) is 2.23. The highest BCUT2D eigenvalue weighted by Gasteiger charge is 2.32. The van der Waals surface area contributed by atoms with E-state index in [1.54, 1.807) is 0 Å². The Morgan fingerprint density at radius 2 is 1.69 bits per heavy atom. The molecule has 0 aromatic heterocycles. The summed E-state index contributed by atoms with van der Waals surface area (Å²) in [5.74, 6) is 0.958. The van der Waals surface area contributed by atoms with E-state index in [4.69, 9.17) is 0 Å². The van der Waals surface area contributed by atoms with Crippen molar-refractivity contribution in [3.05, 3.63) is 0 Å². The van der Waals surface area contributed by atoms with Gasteiger partial charge in [0.25, 0.3) is 0 Å². The van der Waals surface area contributed by atoms with Crippen molar-refractivity contribution in [2.75, 3.05) is 5.75 Å². The van der Waals surface area contributed by atoms with Crippen LogP contribution in [0, 0.1) is 5.92 Å². The fourth-order valence-electron chi connectivity index (χ4n) is 2.50. The van der Waals surface area contributed by atoms with Crippen molar-refractivity contribution >= 4 is 10.0 Å². The fourth-order valence-corrected chi connectivity index (χ4v) is 3.95. The van der Waals surface area contributed by atoms with Gasteiger partial charge in [-0.1, -0.05) is 19.3 Å². The van der Waals surface area contributed by atoms with Crippen molar-refractivity contribution in [1.29, 1.82) is 0 Å². The number of sulfonamides is 1. The Hall–Kier alpha value is -0.0900. The highest BCUT2D eigenvalue weighted by molar-refractivity contribution is 7.89. The van der Waals surface area contributed by atoms with Crippen molar-refractivity contribution in [1.82, 2.24) is 4.72 Å². The summed E-state index contributed by atoms with van der Waals surface area (Å²) >= 11 is 0. The molecule has 0 radical (unpaired) electrons. The zero-order valence-electron chi connectivity index (χ0n) is 7.83. The van der Waals surface area contributed by atoms with Crippen LogP contribution in [0.5, 0.6) is 0 Å².